The SMILES string of the molecule is Cc1cc(C(=O)NC2(C)CCNCC2)ccc1[N+](=O)[O-]. The zero-order chi connectivity index (χ0) is 14.8. The summed E-state index contributed by atoms with van der Waals surface area (Å²) in [6, 6.07) is 4.46. The van der Waals surface area contributed by atoms with Crippen LogP contribution in [0.5, 0.6) is 0 Å². The lowest BCUT2D eigenvalue weighted by Gasteiger charge is -2.35. The Morgan fingerprint density at radius 2 is 2.05 bits per heavy atom. The molecule has 1 aliphatic rings. The summed E-state index contributed by atoms with van der Waals surface area (Å²) in [5, 5.41) is 17.1. The van der Waals surface area contributed by atoms with Crippen molar-refractivity contribution in [2.75, 3.05) is 13.1 Å². The van der Waals surface area contributed by atoms with E-state index in [2.05, 4.69) is 10.6 Å². The fourth-order valence-electron chi connectivity index (χ4n) is 2.45. The lowest BCUT2D eigenvalue weighted by Crippen LogP contribution is -2.52. The van der Waals surface area contributed by atoms with Gasteiger partial charge in [0, 0.05) is 22.7 Å². The second-order valence-corrected chi connectivity index (χ2v) is 5.52. The maximum Gasteiger partial charge on any atom is 0.272 e. The van der Waals surface area contributed by atoms with Gasteiger partial charge in [-0.05, 0) is 51.9 Å². The first-order valence-electron chi connectivity index (χ1n) is 6.70. The van der Waals surface area contributed by atoms with Crippen LogP contribution in [-0.4, -0.2) is 29.5 Å². The third-order valence-corrected chi connectivity index (χ3v) is 3.78. The molecule has 0 saturated carbocycles. The van der Waals surface area contributed by atoms with E-state index in [1.165, 1.54) is 12.1 Å². The van der Waals surface area contributed by atoms with Crippen LogP contribution < -0.4 is 10.6 Å². The molecule has 2 rings (SSSR count). The zero-order valence-corrected chi connectivity index (χ0v) is 11.7. The van der Waals surface area contributed by atoms with Crippen molar-refractivity contribution in [3.63, 3.8) is 0 Å². The molecule has 1 aliphatic heterocycles. The van der Waals surface area contributed by atoms with E-state index < -0.39 is 4.92 Å². The average Bonchev–Trinajstić information content (AvgIpc) is 2.38. The fraction of sp³-hybridized carbons (Fsp3) is 0.500. The molecule has 0 bridgehead atoms. The smallest absolute Gasteiger partial charge is 0.272 e. The number of carbonyl (C=O) groups excluding carboxylic acids is 1. The summed E-state index contributed by atoms with van der Waals surface area (Å²) in [7, 11) is 0. The van der Waals surface area contributed by atoms with Crippen molar-refractivity contribution in [3.05, 3.63) is 39.4 Å². The number of nitro groups is 1. The van der Waals surface area contributed by atoms with E-state index in [0.717, 1.165) is 25.9 Å². The van der Waals surface area contributed by atoms with E-state index in [9.17, 15) is 14.9 Å². The molecular formula is C14H19N3O3. The van der Waals surface area contributed by atoms with Crippen molar-refractivity contribution >= 4 is 11.6 Å². The highest BCUT2D eigenvalue weighted by Gasteiger charge is 2.28. The van der Waals surface area contributed by atoms with Gasteiger partial charge in [-0.1, -0.05) is 0 Å². The molecule has 1 fully saturated rings. The van der Waals surface area contributed by atoms with Gasteiger partial charge in [0.15, 0.2) is 0 Å². The molecule has 0 unspecified atom stereocenters. The van der Waals surface area contributed by atoms with Crippen LogP contribution in [0.3, 0.4) is 0 Å². The molecule has 0 radical (unpaired) electrons. The fourth-order valence-corrected chi connectivity index (χ4v) is 2.45. The summed E-state index contributed by atoms with van der Waals surface area (Å²) in [5.41, 5.74) is 0.790. The summed E-state index contributed by atoms with van der Waals surface area (Å²) in [4.78, 5) is 22.6. The zero-order valence-electron chi connectivity index (χ0n) is 11.7. The lowest BCUT2D eigenvalue weighted by atomic mass is 9.90. The predicted octanol–water partition coefficient (Wildman–Crippen LogP) is 1.78. The molecule has 1 aromatic rings. The van der Waals surface area contributed by atoms with Crippen molar-refractivity contribution in [2.24, 2.45) is 0 Å². The molecule has 1 saturated heterocycles. The van der Waals surface area contributed by atoms with Crippen LogP contribution >= 0.6 is 0 Å². The summed E-state index contributed by atoms with van der Waals surface area (Å²) < 4.78 is 0. The monoisotopic (exact) mass is 277 g/mol. The number of piperidine rings is 1. The van der Waals surface area contributed by atoms with E-state index in [1.54, 1.807) is 13.0 Å². The number of nitrogens with one attached hydrogen (secondary N) is 2. The predicted molar refractivity (Wildman–Crippen MR) is 75.8 cm³/mol. The molecule has 0 aromatic heterocycles. The number of nitro benzene ring substituents is 1. The van der Waals surface area contributed by atoms with Gasteiger partial charge in [0.1, 0.15) is 0 Å². The van der Waals surface area contributed by atoms with Crippen molar-refractivity contribution in [3.8, 4) is 0 Å². The van der Waals surface area contributed by atoms with Crippen LogP contribution in [-0.2, 0) is 0 Å². The van der Waals surface area contributed by atoms with Gasteiger partial charge in [-0.25, -0.2) is 0 Å². The highest BCUT2D eigenvalue weighted by Crippen LogP contribution is 2.21. The summed E-state index contributed by atoms with van der Waals surface area (Å²) in [5.74, 6) is -0.174. The molecule has 0 spiro atoms. The minimum atomic E-state index is -0.439. The highest BCUT2D eigenvalue weighted by molar-refractivity contribution is 5.95. The Balaban J connectivity index is 2.13. The molecular weight excluding hydrogens is 258 g/mol. The number of rotatable bonds is 3. The molecule has 108 valence electrons. The van der Waals surface area contributed by atoms with Gasteiger partial charge in [-0.3, -0.25) is 14.9 Å². The van der Waals surface area contributed by atoms with Crippen molar-refractivity contribution in [2.45, 2.75) is 32.2 Å². The van der Waals surface area contributed by atoms with E-state index >= 15 is 0 Å². The minimum Gasteiger partial charge on any atom is -0.347 e. The first kappa shape index (κ1) is 14.5. The number of hydrogen-bond donors (Lipinski definition) is 2. The Labute approximate surface area is 117 Å². The lowest BCUT2D eigenvalue weighted by molar-refractivity contribution is -0.385. The Hall–Kier alpha value is -1.95. The maximum absolute atomic E-state index is 12.3. The first-order valence-corrected chi connectivity index (χ1v) is 6.70. The molecule has 2 N–H and O–H groups in total. The summed E-state index contributed by atoms with van der Waals surface area (Å²) in [6.45, 7) is 5.44. The largest absolute Gasteiger partial charge is 0.347 e. The van der Waals surface area contributed by atoms with Crippen molar-refractivity contribution in [1.29, 1.82) is 0 Å². The molecule has 20 heavy (non-hydrogen) atoms. The number of aryl methyl sites for hydroxylation is 1. The highest BCUT2D eigenvalue weighted by atomic mass is 16.6. The summed E-state index contributed by atoms with van der Waals surface area (Å²) in [6.07, 6.45) is 1.76. The van der Waals surface area contributed by atoms with Crippen LogP contribution in [0, 0.1) is 17.0 Å². The van der Waals surface area contributed by atoms with Gasteiger partial charge in [-0.2, -0.15) is 0 Å². The third-order valence-electron chi connectivity index (χ3n) is 3.78. The molecule has 1 amide bonds. The minimum absolute atomic E-state index is 0.0367. The Bertz CT molecular complexity index is 536. The molecule has 0 atom stereocenters. The molecule has 1 aromatic carbocycles. The topological polar surface area (TPSA) is 84.3 Å². The van der Waals surface area contributed by atoms with E-state index in [-0.39, 0.29) is 17.1 Å². The number of hydrogen-bond acceptors (Lipinski definition) is 4. The Morgan fingerprint density at radius 3 is 2.60 bits per heavy atom. The van der Waals surface area contributed by atoms with Crippen LogP contribution in [0.2, 0.25) is 0 Å². The van der Waals surface area contributed by atoms with Crippen LogP contribution in [0.15, 0.2) is 18.2 Å². The van der Waals surface area contributed by atoms with Gasteiger partial charge < -0.3 is 10.6 Å². The standard InChI is InChI=1S/C14H19N3O3/c1-10-9-11(3-4-12(10)17(19)20)13(18)16-14(2)5-7-15-8-6-14/h3-4,9,15H,5-8H2,1-2H3,(H,16,18). The maximum atomic E-state index is 12.3. The third kappa shape index (κ3) is 3.14. The molecule has 0 aliphatic carbocycles. The van der Waals surface area contributed by atoms with Gasteiger partial charge in [0.25, 0.3) is 11.6 Å². The molecule has 6 heteroatoms. The molecule has 6 nitrogen and oxygen atoms in total. The van der Waals surface area contributed by atoms with Crippen molar-refractivity contribution < 1.29 is 9.72 Å². The number of benzene rings is 1. The summed E-state index contributed by atoms with van der Waals surface area (Å²) >= 11 is 0. The van der Waals surface area contributed by atoms with Crippen LogP contribution in [0.4, 0.5) is 5.69 Å². The normalized spacial score (nSPS) is 17.5. The van der Waals surface area contributed by atoms with Gasteiger partial charge in [0.2, 0.25) is 0 Å². The van der Waals surface area contributed by atoms with E-state index in [1.807, 2.05) is 6.92 Å². The second-order valence-electron chi connectivity index (χ2n) is 5.52. The van der Waals surface area contributed by atoms with Crippen molar-refractivity contribution in [1.82, 2.24) is 10.6 Å². The van der Waals surface area contributed by atoms with E-state index in [4.69, 9.17) is 0 Å². The molecule has 1 heterocycles. The number of carbonyl (C=O) groups is 1. The number of nitrogens with zero attached hydrogens (tertiary/aromatic N) is 1. The van der Waals surface area contributed by atoms with Gasteiger partial charge in [0.05, 0.1) is 4.92 Å². The Kier molecular flexibility index (Phi) is 4.04. The Morgan fingerprint density at radius 1 is 1.40 bits per heavy atom. The quantitative estimate of drug-likeness (QED) is 0.651. The van der Waals surface area contributed by atoms with Gasteiger partial charge in [-0.15, -0.1) is 0 Å². The van der Waals surface area contributed by atoms with Crippen LogP contribution in [0.1, 0.15) is 35.7 Å². The second kappa shape index (κ2) is 5.58. The van der Waals surface area contributed by atoms with Gasteiger partial charge >= 0.3 is 0 Å². The van der Waals surface area contributed by atoms with Crippen LogP contribution in [0.25, 0.3) is 0 Å². The average molecular weight is 277 g/mol. The first-order chi connectivity index (χ1) is 9.41. The van der Waals surface area contributed by atoms with E-state index in [0.29, 0.717) is 11.1 Å². The number of amides is 1.